The summed E-state index contributed by atoms with van der Waals surface area (Å²) >= 11 is 0. The minimum absolute atomic E-state index is 0.0164. The van der Waals surface area contributed by atoms with E-state index in [1.54, 1.807) is 0 Å². The number of carbonyl (C=O) groups excluding carboxylic acids is 3. The predicted octanol–water partition coefficient (Wildman–Crippen LogP) is 8.80. The van der Waals surface area contributed by atoms with Gasteiger partial charge in [-0.2, -0.15) is 0 Å². The largest absolute Gasteiger partial charge is 0.324 e. The van der Waals surface area contributed by atoms with Crippen molar-refractivity contribution in [1.82, 2.24) is 15.1 Å². The molecular weight excluding hydrogens is 673 g/mol. The van der Waals surface area contributed by atoms with Gasteiger partial charge in [0.1, 0.15) is 0 Å². The second-order valence-electron chi connectivity index (χ2n) is 14.5. The van der Waals surface area contributed by atoms with Gasteiger partial charge in [0.05, 0.1) is 18.1 Å². The monoisotopic (exact) mass is 743 g/mol. The molecule has 3 atom stereocenters. The third kappa shape index (κ3) is 14.6. The van der Waals surface area contributed by atoms with Crippen molar-refractivity contribution in [3.8, 4) is 0 Å². The molecule has 3 aromatic rings. The van der Waals surface area contributed by atoms with Gasteiger partial charge in [-0.05, 0) is 141 Å². The van der Waals surface area contributed by atoms with Crippen molar-refractivity contribution in [2.45, 2.75) is 126 Å². The number of aryl methyl sites for hydroxylation is 5. The van der Waals surface area contributed by atoms with Gasteiger partial charge in [-0.25, -0.2) is 0 Å². The molecule has 1 saturated heterocycles. The van der Waals surface area contributed by atoms with Crippen LogP contribution < -0.4 is 21.3 Å². The van der Waals surface area contributed by atoms with E-state index < -0.39 is 0 Å². The Kier molecular flexibility index (Phi) is 20.8. The fraction of sp³-hybridized carbons (Fsp3) is 0.533. The molecule has 9 heteroatoms. The topological polar surface area (TPSA) is 106 Å². The van der Waals surface area contributed by atoms with Crippen molar-refractivity contribution in [3.63, 3.8) is 0 Å². The Balaban J connectivity index is 0.000000282. The van der Waals surface area contributed by atoms with Crippen LogP contribution in [-0.2, 0) is 14.4 Å². The Morgan fingerprint density at radius 1 is 0.722 bits per heavy atom. The average Bonchev–Trinajstić information content (AvgIpc) is 3.15. The number of rotatable bonds is 14. The molecule has 1 aliphatic heterocycles. The lowest BCUT2D eigenvalue weighted by Gasteiger charge is -2.31. The molecule has 1 fully saturated rings. The minimum Gasteiger partial charge on any atom is -0.324 e. The van der Waals surface area contributed by atoms with Gasteiger partial charge in [0.25, 0.3) is 0 Å². The van der Waals surface area contributed by atoms with Crippen molar-refractivity contribution in [3.05, 3.63) is 88.5 Å². The third-order valence-corrected chi connectivity index (χ3v) is 10.1. The molecule has 3 aromatic carbocycles. The number of amides is 3. The molecule has 54 heavy (non-hydrogen) atoms. The smallest absolute Gasteiger partial charge is 0.241 e. The number of benzene rings is 3. The SMILES string of the molecule is CCCN(CC)C(CC)C(=O)Nc1c(C)cccc1C.CCCNC(C)C(=O)Nc1ccccc1C.Cc1cccc(C)c1NC(=O)C1CCCCN1C. The zero-order valence-electron chi connectivity index (χ0n) is 35.2. The van der Waals surface area contributed by atoms with Gasteiger partial charge in [-0.3, -0.25) is 24.2 Å². The first kappa shape index (κ1) is 46.1. The Labute approximate surface area is 327 Å². The van der Waals surface area contributed by atoms with E-state index >= 15 is 0 Å². The number of nitrogens with one attached hydrogen (secondary N) is 4. The van der Waals surface area contributed by atoms with Gasteiger partial charge in [0, 0.05) is 17.1 Å². The maximum absolute atomic E-state index is 12.6. The number of likely N-dealkylation sites (N-methyl/N-ethyl adjacent to an activating group) is 2. The van der Waals surface area contributed by atoms with Crippen LogP contribution in [0.15, 0.2) is 60.7 Å². The first-order chi connectivity index (χ1) is 25.8. The van der Waals surface area contributed by atoms with E-state index in [9.17, 15) is 14.4 Å². The third-order valence-electron chi connectivity index (χ3n) is 10.1. The summed E-state index contributed by atoms with van der Waals surface area (Å²) < 4.78 is 0. The number of nitrogens with zero attached hydrogens (tertiary/aromatic N) is 2. The summed E-state index contributed by atoms with van der Waals surface area (Å²) in [5.74, 6) is 0.262. The van der Waals surface area contributed by atoms with Crippen molar-refractivity contribution in [2.75, 3.05) is 49.2 Å². The van der Waals surface area contributed by atoms with Crippen LogP contribution in [0.5, 0.6) is 0 Å². The molecule has 1 aliphatic rings. The first-order valence-corrected chi connectivity index (χ1v) is 20.1. The lowest BCUT2D eigenvalue weighted by atomic mass is 10.0. The molecule has 3 amide bonds. The number of likely N-dealkylation sites (tertiary alicyclic amines) is 1. The lowest BCUT2D eigenvalue weighted by Crippen LogP contribution is -2.44. The minimum atomic E-state index is -0.153. The second-order valence-corrected chi connectivity index (χ2v) is 14.5. The van der Waals surface area contributed by atoms with Gasteiger partial charge < -0.3 is 21.3 Å². The van der Waals surface area contributed by atoms with Crippen LogP contribution in [0.3, 0.4) is 0 Å². The number of hydrogen-bond donors (Lipinski definition) is 4. The number of piperidine rings is 1. The summed E-state index contributed by atoms with van der Waals surface area (Å²) in [5, 5.41) is 12.3. The van der Waals surface area contributed by atoms with E-state index in [4.69, 9.17) is 0 Å². The Morgan fingerprint density at radius 3 is 1.78 bits per heavy atom. The van der Waals surface area contributed by atoms with Crippen LogP contribution in [-0.4, -0.2) is 78.9 Å². The van der Waals surface area contributed by atoms with E-state index in [-0.39, 0.29) is 35.8 Å². The van der Waals surface area contributed by atoms with Gasteiger partial charge in [-0.15, -0.1) is 0 Å². The van der Waals surface area contributed by atoms with E-state index in [0.717, 1.165) is 103 Å². The van der Waals surface area contributed by atoms with Crippen molar-refractivity contribution in [2.24, 2.45) is 0 Å². The van der Waals surface area contributed by atoms with Gasteiger partial charge >= 0.3 is 0 Å². The Bertz CT molecular complexity index is 1570. The molecule has 1 heterocycles. The highest BCUT2D eigenvalue weighted by atomic mass is 16.2. The molecule has 0 bridgehead atoms. The highest BCUT2D eigenvalue weighted by molar-refractivity contribution is 5.97. The quantitative estimate of drug-likeness (QED) is 0.132. The van der Waals surface area contributed by atoms with Crippen molar-refractivity contribution < 1.29 is 14.4 Å². The van der Waals surface area contributed by atoms with Crippen LogP contribution in [0, 0.1) is 34.6 Å². The summed E-state index contributed by atoms with van der Waals surface area (Å²) in [6.07, 6.45) is 6.25. The second kappa shape index (κ2) is 24.4. The number of carbonyl (C=O) groups is 3. The zero-order valence-corrected chi connectivity index (χ0v) is 35.2. The van der Waals surface area contributed by atoms with Crippen LogP contribution in [0.2, 0.25) is 0 Å². The molecule has 0 saturated carbocycles. The maximum Gasteiger partial charge on any atom is 0.241 e. The summed E-state index contributed by atoms with van der Waals surface area (Å²) in [4.78, 5) is 41.1. The average molecular weight is 743 g/mol. The molecule has 0 radical (unpaired) electrons. The standard InChI is InChI=1S/C17H28N2O.C15H22N2O.C13H20N2O/c1-6-12-19(8-3)15(7-2)17(20)18-16-13(4)10-9-11-14(16)5;1-11-7-6-8-12(2)14(11)16-15(18)13-9-4-5-10-17(13)3;1-4-9-14-11(3)13(16)15-12-8-6-5-7-10(12)2/h9-11,15H,6-8,12H2,1-5H3,(H,18,20);6-8,13H,4-5,9-10H2,1-3H3,(H,16,18);5-8,11,14H,4,9H2,1-3H3,(H,15,16). The summed E-state index contributed by atoms with van der Waals surface area (Å²) in [5.41, 5.74) is 8.39. The fourth-order valence-electron chi connectivity index (χ4n) is 6.68. The molecule has 4 rings (SSSR count). The van der Waals surface area contributed by atoms with Gasteiger partial charge in [0.15, 0.2) is 0 Å². The predicted molar refractivity (Wildman–Crippen MR) is 229 cm³/mol. The molecule has 9 nitrogen and oxygen atoms in total. The fourth-order valence-corrected chi connectivity index (χ4v) is 6.68. The normalized spacial score (nSPS) is 15.1. The van der Waals surface area contributed by atoms with E-state index in [0.29, 0.717) is 0 Å². The lowest BCUT2D eigenvalue weighted by molar-refractivity contribution is -0.122. The van der Waals surface area contributed by atoms with E-state index in [1.807, 2.05) is 109 Å². The van der Waals surface area contributed by atoms with Crippen molar-refractivity contribution in [1.29, 1.82) is 0 Å². The van der Waals surface area contributed by atoms with E-state index in [2.05, 4.69) is 58.8 Å². The Hall–Kier alpha value is -4.05. The summed E-state index contributed by atoms with van der Waals surface area (Å²) in [7, 11) is 2.04. The Morgan fingerprint density at radius 2 is 1.28 bits per heavy atom. The van der Waals surface area contributed by atoms with E-state index in [1.165, 1.54) is 6.42 Å². The molecule has 0 aromatic heterocycles. The summed E-state index contributed by atoms with van der Waals surface area (Å²) in [6.45, 7) is 24.2. The highest BCUT2D eigenvalue weighted by Crippen LogP contribution is 2.23. The number of para-hydroxylation sites is 3. The van der Waals surface area contributed by atoms with Gasteiger partial charge in [0.2, 0.25) is 17.7 Å². The number of anilines is 3. The van der Waals surface area contributed by atoms with Crippen LogP contribution in [0.25, 0.3) is 0 Å². The maximum atomic E-state index is 12.6. The first-order valence-electron chi connectivity index (χ1n) is 20.1. The highest BCUT2D eigenvalue weighted by Gasteiger charge is 2.26. The molecular formula is C45H70N6O3. The van der Waals surface area contributed by atoms with Crippen LogP contribution >= 0.6 is 0 Å². The molecule has 4 N–H and O–H groups in total. The molecule has 0 aliphatic carbocycles. The summed E-state index contributed by atoms with van der Waals surface area (Å²) in [6, 6.07) is 19.8. The van der Waals surface area contributed by atoms with Gasteiger partial charge in [-0.1, -0.05) is 88.7 Å². The number of hydrogen-bond acceptors (Lipinski definition) is 6. The molecule has 3 unspecified atom stereocenters. The van der Waals surface area contributed by atoms with Crippen molar-refractivity contribution >= 4 is 34.8 Å². The molecule has 0 spiro atoms. The molecule has 298 valence electrons. The zero-order chi connectivity index (χ0) is 40.2. The van der Waals surface area contributed by atoms with Crippen LogP contribution in [0.1, 0.15) is 101 Å². The van der Waals surface area contributed by atoms with Crippen LogP contribution in [0.4, 0.5) is 17.1 Å².